The van der Waals surface area contributed by atoms with Gasteiger partial charge >= 0.3 is 0 Å². The summed E-state index contributed by atoms with van der Waals surface area (Å²) in [6.07, 6.45) is 1.87. The Kier molecular flexibility index (Phi) is 4.38. The molecule has 5 heteroatoms. The first-order valence-corrected chi connectivity index (χ1v) is 6.23. The van der Waals surface area contributed by atoms with E-state index in [0.717, 1.165) is 25.9 Å². The van der Waals surface area contributed by atoms with Crippen molar-refractivity contribution < 1.29 is 14.2 Å². The lowest BCUT2D eigenvalue weighted by atomic mass is 10.1. The SMILES string of the molecule is Nc1ccc(N2CCC(OCCO)CC2)c(F)c1. The standard InChI is InChI=1S/C13H19FN2O2/c14-12-9-10(15)1-2-13(12)16-5-3-11(4-6-16)18-8-7-17/h1-2,9,11,17H,3-8,15H2. The average molecular weight is 254 g/mol. The third-order valence-corrected chi connectivity index (χ3v) is 3.20. The Morgan fingerprint density at radius 3 is 2.72 bits per heavy atom. The molecule has 1 saturated heterocycles. The van der Waals surface area contributed by atoms with Crippen LogP contribution in [0, 0.1) is 5.82 Å². The predicted octanol–water partition coefficient (Wildman–Crippen LogP) is 1.39. The minimum atomic E-state index is -0.273. The maximum Gasteiger partial charge on any atom is 0.148 e. The molecule has 0 radical (unpaired) electrons. The van der Waals surface area contributed by atoms with E-state index in [1.54, 1.807) is 12.1 Å². The van der Waals surface area contributed by atoms with Crippen molar-refractivity contribution in [2.24, 2.45) is 0 Å². The lowest BCUT2D eigenvalue weighted by molar-refractivity contribution is 0.0158. The number of nitrogens with two attached hydrogens (primary N) is 1. The molecule has 0 atom stereocenters. The Labute approximate surface area is 106 Å². The van der Waals surface area contributed by atoms with E-state index in [2.05, 4.69) is 0 Å². The third-order valence-electron chi connectivity index (χ3n) is 3.20. The van der Waals surface area contributed by atoms with E-state index in [1.165, 1.54) is 6.07 Å². The van der Waals surface area contributed by atoms with Gasteiger partial charge in [-0.3, -0.25) is 0 Å². The number of nitrogens with zero attached hydrogens (tertiary/aromatic N) is 1. The van der Waals surface area contributed by atoms with Crippen molar-refractivity contribution in [1.29, 1.82) is 0 Å². The summed E-state index contributed by atoms with van der Waals surface area (Å²) in [5, 5.41) is 8.69. The molecule has 1 fully saturated rings. The highest BCUT2D eigenvalue weighted by molar-refractivity contribution is 5.54. The van der Waals surface area contributed by atoms with Gasteiger partial charge in [-0.25, -0.2) is 4.39 Å². The molecule has 0 aliphatic carbocycles. The Morgan fingerprint density at radius 2 is 2.11 bits per heavy atom. The number of halogens is 1. The summed E-state index contributed by atoms with van der Waals surface area (Å²) in [7, 11) is 0. The van der Waals surface area contributed by atoms with Crippen LogP contribution in [0.3, 0.4) is 0 Å². The van der Waals surface area contributed by atoms with Gasteiger partial charge in [0, 0.05) is 18.8 Å². The van der Waals surface area contributed by atoms with E-state index in [0.29, 0.717) is 18.0 Å². The van der Waals surface area contributed by atoms with Gasteiger partial charge in [-0.05, 0) is 31.0 Å². The van der Waals surface area contributed by atoms with Gasteiger partial charge in [0.2, 0.25) is 0 Å². The zero-order valence-electron chi connectivity index (χ0n) is 10.3. The number of aliphatic hydroxyl groups excluding tert-OH is 1. The first kappa shape index (κ1) is 13.1. The number of hydrogen-bond acceptors (Lipinski definition) is 4. The highest BCUT2D eigenvalue weighted by Crippen LogP contribution is 2.25. The lowest BCUT2D eigenvalue weighted by Crippen LogP contribution is -2.37. The van der Waals surface area contributed by atoms with Crippen LogP contribution >= 0.6 is 0 Å². The van der Waals surface area contributed by atoms with Crippen LogP contribution in [0.1, 0.15) is 12.8 Å². The van der Waals surface area contributed by atoms with Crippen molar-refractivity contribution in [2.75, 3.05) is 36.9 Å². The maximum absolute atomic E-state index is 13.7. The van der Waals surface area contributed by atoms with Gasteiger partial charge < -0.3 is 20.5 Å². The van der Waals surface area contributed by atoms with Crippen molar-refractivity contribution in [3.63, 3.8) is 0 Å². The van der Waals surface area contributed by atoms with Gasteiger partial charge in [-0.1, -0.05) is 0 Å². The lowest BCUT2D eigenvalue weighted by Gasteiger charge is -2.33. The summed E-state index contributed by atoms with van der Waals surface area (Å²) in [6.45, 7) is 1.95. The largest absolute Gasteiger partial charge is 0.399 e. The zero-order valence-corrected chi connectivity index (χ0v) is 10.3. The first-order valence-electron chi connectivity index (χ1n) is 6.23. The van der Waals surface area contributed by atoms with E-state index in [4.69, 9.17) is 15.6 Å². The molecule has 1 aliphatic rings. The maximum atomic E-state index is 13.7. The van der Waals surface area contributed by atoms with Gasteiger partial charge in [0.25, 0.3) is 0 Å². The number of benzene rings is 1. The van der Waals surface area contributed by atoms with Crippen LogP contribution in [-0.4, -0.2) is 37.5 Å². The number of aliphatic hydroxyl groups is 1. The molecule has 0 spiro atoms. The molecule has 4 nitrogen and oxygen atoms in total. The highest BCUT2D eigenvalue weighted by Gasteiger charge is 2.21. The van der Waals surface area contributed by atoms with Crippen molar-refractivity contribution in [2.45, 2.75) is 18.9 Å². The van der Waals surface area contributed by atoms with Crippen LogP contribution in [0.5, 0.6) is 0 Å². The number of hydrogen-bond donors (Lipinski definition) is 2. The molecule has 0 aromatic heterocycles. The molecule has 100 valence electrons. The Bertz CT molecular complexity index is 393. The quantitative estimate of drug-likeness (QED) is 0.797. The molecular formula is C13H19FN2O2. The summed E-state index contributed by atoms with van der Waals surface area (Å²) in [5.74, 6) is -0.273. The average Bonchev–Trinajstić information content (AvgIpc) is 2.37. The second-order valence-electron chi connectivity index (χ2n) is 4.49. The number of rotatable bonds is 4. The second kappa shape index (κ2) is 6.02. The first-order chi connectivity index (χ1) is 8.70. The molecule has 0 bridgehead atoms. The van der Waals surface area contributed by atoms with Crippen molar-refractivity contribution >= 4 is 11.4 Å². The fourth-order valence-corrected chi connectivity index (χ4v) is 2.26. The molecule has 3 N–H and O–H groups in total. The molecule has 1 heterocycles. The van der Waals surface area contributed by atoms with E-state index >= 15 is 0 Å². The minimum Gasteiger partial charge on any atom is -0.399 e. The van der Waals surface area contributed by atoms with E-state index in [-0.39, 0.29) is 18.5 Å². The van der Waals surface area contributed by atoms with Crippen LogP contribution in [0.15, 0.2) is 18.2 Å². The Balaban J connectivity index is 1.93. The summed E-state index contributed by atoms with van der Waals surface area (Å²) >= 11 is 0. The fraction of sp³-hybridized carbons (Fsp3) is 0.538. The number of piperidine rings is 1. The fourth-order valence-electron chi connectivity index (χ4n) is 2.26. The second-order valence-corrected chi connectivity index (χ2v) is 4.49. The van der Waals surface area contributed by atoms with E-state index in [9.17, 15) is 4.39 Å². The third kappa shape index (κ3) is 3.11. The monoisotopic (exact) mass is 254 g/mol. The zero-order chi connectivity index (χ0) is 13.0. The molecule has 0 saturated carbocycles. The van der Waals surface area contributed by atoms with Crippen LogP contribution in [0.4, 0.5) is 15.8 Å². The number of ether oxygens (including phenoxy) is 1. The molecule has 18 heavy (non-hydrogen) atoms. The molecule has 0 amide bonds. The molecule has 2 rings (SSSR count). The van der Waals surface area contributed by atoms with Gasteiger partial charge in [-0.15, -0.1) is 0 Å². The van der Waals surface area contributed by atoms with Gasteiger partial charge in [0.15, 0.2) is 0 Å². The smallest absolute Gasteiger partial charge is 0.148 e. The van der Waals surface area contributed by atoms with E-state index < -0.39 is 0 Å². The summed E-state index contributed by atoms with van der Waals surface area (Å²) in [6, 6.07) is 4.79. The van der Waals surface area contributed by atoms with Crippen LogP contribution in [0.25, 0.3) is 0 Å². The molecule has 0 unspecified atom stereocenters. The summed E-state index contributed by atoms with van der Waals surface area (Å²) in [5.41, 5.74) is 6.58. The van der Waals surface area contributed by atoms with E-state index in [1.807, 2.05) is 4.90 Å². The molecule has 1 aliphatic heterocycles. The normalized spacial score (nSPS) is 17.1. The number of nitrogen functional groups attached to an aromatic ring is 1. The highest BCUT2D eigenvalue weighted by atomic mass is 19.1. The Hall–Kier alpha value is -1.33. The number of anilines is 2. The van der Waals surface area contributed by atoms with Crippen LogP contribution < -0.4 is 10.6 Å². The van der Waals surface area contributed by atoms with Crippen molar-refractivity contribution in [1.82, 2.24) is 0 Å². The molecule has 1 aromatic rings. The van der Waals surface area contributed by atoms with Crippen LogP contribution in [-0.2, 0) is 4.74 Å². The van der Waals surface area contributed by atoms with Crippen molar-refractivity contribution in [3.8, 4) is 0 Å². The Morgan fingerprint density at radius 1 is 1.39 bits per heavy atom. The molecule has 1 aromatic carbocycles. The summed E-state index contributed by atoms with van der Waals surface area (Å²) in [4.78, 5) is 2.01. The topological polar surface area (TPSA) is 58.7 Å². The van der Waals surface area contributed by atoms with Gasteiger partial charge in [0.05, 0.1) is 25.0 Å². The summed E-state index contributed by atoms with van der Waals surface area (Å²) < 4.78 is 19.2. The van der Waals surface area contributed by atoms with Gasteiger partial charge in [-0.2, -0.15) is 0 Å². The van der Waals surface area contributed by atoms with Gasteiger partial charge in [0.1, 0.15) is 5.82 Å². The van der Waals surface area contributed by atoms with Crippen molar-refractivity contribution in [3.05, 3.63) is 24.0 Å². The minimum absolute atomic E-state index is 0.0484. The molecular weight excluding hydrogens is 235 g/mol. The predicted molar refractivity (Wildman–Crippen MR) is 69.1 cm³/mol. The van der Waals surface area contributed by atoms with Crippen LogP contribution in [0.2, 0.25) is 0 Å².